The summed E-state index contributed by atoms with van der Waals surface area (Å²) < 4.78 is 0. The molecule has 0 aromatic heterocycles. The Labute approximate surface area is 125 Å². The molecule has 0 aromatic carbocycles. The fourth-order valence-corrected chi connectivity index (χ4v) is 3.24. The molecule has 0 spiro atoms. The molecule has 118 valence electrons. The number of rotatable bonds is 6. The van der Waals surface area contributed by atoms with E-state index >= 15 is 0 Å². The Balaban J connectivity index is 2.24. The molecule has 1 N–H and O–H groups in total. The predicted molar refractivity (Wildman–Crippen MR) is 85.7 cm³/mol. The number of nitrogens with one attached hydrogen (secondary N) is 1. The maximum Gasteiger partial charge on any atom is 0.222 e. The first kappa shape index (κ1) is 17.5. The van der Waals surface area contributed by atoms with Crippen LogP contribution in [0.15, 0.2) is 0 Å². The van der Waals surface area contributed by atoms with Crippen LogP contribution in [0.2, 0.25) is 0 Å². The summed E-state index contributed by atoms with van der Waals surface area (Å²) in [6.07, 6.45) is 5.50. The zero-order valence-electron chi connectivity index (χ0n) is 14.2. The van der Waals surface area contributed by atoms with Gasteiger partial charge in [0, 0.05) is 20.0 Å². The van der Waals surface area contributed by atoms with E-state index in [0.717, 1.165) is 38.4 Å². The lowest BCUT2D eigenvalue weighted by molar-refractivity contribution is -0.131. The van der Waals surface area contributed by atoms with E-state index in [1.165, 1.54) is 12.8 Å². The molecule has 1 aliphatic heterocycles. The minimum absolute atomic E-state index is 0.313. The SMILES string of the molecule is CC(CC(=O)N(C)CCC1CCNCC1)CC(C)(C)C. The summed E-state index contributed by atoms with van der Waals surface area (Å²) in [6.45, 7) is 12.1. The topological polar surface area (TPSA) is 32.3 Å². The molecule has 1 unspecified atom stereocenters. The van der Waals surface area contributed by atoms with Gasteiger partial charge in [-0.15, -0.1) is 0 Å². The van der Waals surface area contributed by atoms with Gasteiger partial charge in [0.15, 0.2) is 0 Å². The van der Waals surface area contributed by atoms with E-state index in [0.29, 0.717) is 23.7 Å². The number of piperidine rings is 1. The summed E-state index contributed by atoms with van der Waals surface area (Å²) in [5, 5.41) is 3.39. The van der Waals surface area contributed by atoms with Crippen molar-refractivity contribution in [2.75, 3.05) is 26.7 Å². The van der Waals surface area contributed by atoms with E-state index in [-0.39, 0.29) is 0 Å². The molecule has 3 heteroatoms. The summed E-state index contributed by atoms with van der Waals surface area (Å²) in [6, 6.07) is 0. The first-order valence-corrected chi connectivity index (χ1v) is 8.22. The molecule has 0 saturated carbocycles. The molecular formula is C17H34N2O. The standard InChI is InChI=1S/C17H34N2O/c1-14(13-17(2,3)4)12-16(20)19(5)11-8-15-6-9-18-10-7-15/h14-15,18H,6-13H2,1-5H3. The average Bonchev–Trinajstić information content (AvgIpc) is 2.34. The van der Waals surface area contributed by atoms with Crippen LogP contribution in [-0.2, 0) is 4.79 Å². The Morgan fingerprint density at radius 3 is 2.45 bits per heavy atom. The predicted octanol–water partition coefficient (Wildman–Crippen LogP) is 3.30. The zero-order chi connectivity index (χ0) is 15.2. The van der Waals surface area contributed by atoms with Crippen LogP contribution >= 0.6 is 0 Å². The molecule has 3 nitrogen and oxygen atoms in total. The highest BCUT2D eigenvalue weighted by molar-refractivity contribution is 5.76. The van der Waals surface area contributed by atoms with Crippen LogP contribution in [-0.4, -0.2) is 37.5 Å². The van der Waals surface area contributed by atoms with Crippen molar-refractivity contribution >= 4 is 5.91 Å². The third kappa shape index (κ3) is 7.28. The maximum absolute atomic E-state index is 12.2. The van der Waals surface area contributed by atoms with Gasteiger partial charge in [0.25, 0.3) is 0 Å². The number of hydrogen-bond donors (Lipinski definition) is 1. The molecule has 1 rings (SSSR count). The van der Waals surface area contributed by atoms with Gasteiger partial charge in [0.1, 0.15) is 0 Å². The highest BCUT2D eigenvalue weighted by atomic mass is 16.2. The quantitative estimate of drug-likeness (QED) is 0.810. The summed E-state index contributed by atoms with van der Waals surface area (Å²) in [5.41, 5.74) is 0.313. The molecule has 0 aromatic rings. The van der Waals surface area contributed by atoms with Crippen molar-refractivity contribution in [1.29, 1.82) is 0 Å². The fraction of sp³-hybridized carbons (Fsp3) is 0.941. The molecule has 0 radical (unpaired) electrons. The molecule has 20 heavy (non-hydrogen) atoms. The van der Waals surface area contributed by atoms with Crippen LogP contribution in [0.5, 0.6) is 0 Å². The van der Waals surface area contributed by atoms with Crippen molar-refractivity contribution < 1.29 is 4.79 Å². The Morgan fingerprint density at radius 1 is 1.30 bits per heavy atom. The lowest BCUT2D eigenvalue weighted by Gasteiger charge is -2.27. The van der Waals surface area contributed by atoms with Crippen LogP contribution in [0.1, 0.15) is 59.8 Å². The van der Waals surface area contributed by atoms with Crippen molar-refractivity contribution in [2.24, 2.45) is 17.3 Å². The van der Waals surface area contributed by atoms with Gasteiger partial charge in [-0.05, 0) is 56.0 Å². The monoisotopic (exact) mass is 282 g/mol. The minimum Gasteiger partial charge on any atom is -0.346 e. The summed E-state index contributed by atoms with van der Waals surface area (Å²) in [4.78, 5) is 14.2. The van der Waals surface area contributed by atoms with Crippen molar-refractivity contribution in [3.8, 4) is 0 Å². The van der Waals surface area contributed by atoms with Crippen molar-refractivity contribution in [3.05, 3.63) is 0 Å². The number of nitrogens with zero attached hydrogens (tertiary/aromatic N) is 1. The molecule has 0 aliphatic carbocycles. The molecule has 1 heterocycles. The fourth-order valence-electron chi connectivity index (χ4n) is 3.24. The second-order valence-corrected chi connectivity index (χ2v) is 7.87. The van der Waals surface area contributed by atoms with Gasteiger partial charge in [-0.1, -0.05) is 27.7 Å². The van der Waals surface area contributed by atoms with Crippen molar-refractivity contribution in [3.63, 3.8) is 0 Å². The molecule has 1 saturated heterocycles. The van der Waals surface area contributed by atoms with E-state index < -0.39 is 0 Å². The van der Waals surface area contributed by atoms with Crippen molar-refractivity contribution in [2.45, 2.75) is 59.8 Å². The molecule has 1 atom stereocenters. The zero-order valence-corrected chi connectivity index (χ0v) is 14.2. The third-order valence-corrected chi connectivity index (χ3v) is 4.24. The minimum atomic E-state index is 0.313. The van der Waals surface area contributed by atoms with Crippen LogP contribution in [0, 0.1) is 17.3 Å². The van der Waals surface area contributed by atoms with Gasteiger partial charge < -0.3 is 10.2 Å². The Hall–Kier alpha value is -0.570. The van der Waals surface area contributed by atoms with E-state index in [2.05, 4.69) is 33.0 Å². The lowest BCUT2D eigenvalue weighted by Crippen LogP contribution is -2.33. The van der Waals surface area contributed by atoms with Crippen LogP contribution in [0.4, 0.5) is 0 Å². The summed E-state index contributed by atoms with van der Waals surface area (Å²) in [7, 11) is 1.97. The van der Waals surface area contributed by atoms with Crippen LogP contribution in [0.3, 0.4) is 0 Å². The van der Waals surface area contributed by atoms with E-state index in [4.69, 9.17) is 0 Å². The van der Waals surface area contributed by atoms with Gasteiger partial charge in [0.05, 0.1) is 0 Å². The molecule has 0 bridgehead atoms. The smallest absolute Gasteiger partial charge is 0.222 e. The highest BCUT2D eigenvalue weighted by Gasteiger charge is 2.20. The molecule has 1 amide bonds. The Bertz CT molecular complexity index is 290. The summed E-state index contributed by atoms with van der Waals surface area (Å²) >= 11 is 0. The van der Waals surface area contributed by atoms with Gasteiger partial charge in [-0.2, -0.15) is 0 Å². The van der Waals surface area contributed by atoms with Gasteiger partial charge >= 0.3 is 0 Å². The number of amides is 1. The second-order valence-electron chi connectivity index (χ2n) is 7.87. The van der Waals surface area contributed by atoms with E-state index in [1.54, 1.807) is 0 Å². The lowest BCUT2D eigenvalue weighted by atomic mass is 9.84. The van der Waals surface area contributed by atoms with Crippen LogP contribution < -0.4 is 5.32 Å². The number of hydrogen-bond acceptors (Lipinski definition) is 2. The molecule has 1 fully saturated rings. The van der Waals surface area contributed by atoms with Crippen molar-refractivity contribution in [1.82, 2.24) is 10.2 Å². The normalized spacial score (nSPS) is 18.9. The third-order valence-electron chi connectivity index (χ3n) is 4.24. The first-order valence-electron chi connectivity index (χ1n) is 8.22. The Kier molecular flexibility index (Phi) is 7.01. The van der Waals surface area contributed by atoms with Gasteiger partial charge in [-0.3, -0.25) is 4.79 Å². The first-order chi connectivity index (χ1) is 9.28. The summed E-state index contributed by atoms with van der Waals surface area (Å²) in [5.74, 6) is 1.60. The largest absolute Gasteiger partial charge is 0.346 e. The highest BCUT2D eigenvalue weighted by Crippen LogP contribution is 2.26. The van der Waals surface area contributed by atoms with E-state index in [9.17, 15) is 4.79 Å². The van der Waals surface area contributed by atoms with Gasteiger partial charge in [-0.25, -0.2) is 0 Å². The van der Waals surface area contributed by atoms with E-state index in [1.807, 2.05) is 11.9 Å². The Morgan fingerprint density at radius 2 is 1.90 bits per heavy atom. The number of carbonyl (C=O) groups excluding carboxylic acids is 1. The molecule has 1 aliphatic rings. The molecular weight excluding hydrogens is 248 g/mol. The number of carbonyl (C=O) groups is 1. The average molecular weight is 282 g/mol. The van der Waals surface area contributed by atoms with Gasteiger partial charge in [0.2, 0.25) is 5.91 Å². The maximum atomic E-state index is 12.2. The second kappa shape index (κ2) is 8.02. The van der Waals surface area contributed by atoms with Crippen LogP contribution in [0.25, 0.3) is 0 Å².